The van der Waals surface area contributed by atoms with Crippen LogP contribution in [0.2, 0.25) is 5.02 Å². The van der Waals surface area contributed by atoms with Crippen LogP contribution in [-0.4, -0.2) is 28.7 Å². The Bertz CT molecular complexity index is 1270. The third kappa shape index (κ3) is 5.97. The van der Waals surface area contributed by atoms with Crippen molar-refractivity contribution in [3.05, 3.63) is 95.1 Å². The van der Waals surface area contributed by atoms with Crippen molar-refractivity contribution in [2.45, 2.75) is 18.4 Å². The van der Waals surface area contributed by atoms with Gasteiger partial charge in [-0.2, -0.15) is 0 Å². The summed E-state index contributed by atoms with van der Waals surface area (Å²) in [6, 6.07) is 22.7. The van der Waals surface area contributed by atoms with Crippen molar-refractivity contribution in [2.75, 3.05) is 17.6 Å². The molecular weight excluding hydrogens is 454 g/mol. The summed E-state index contributed by atoms with van der Waals surface area (Å²) in [6.07, 6.45) is 2.04. The molecule has 0 aliphatic rings. The van der Waals surface area contributed by atoms with Crippen LogP contribution in [0.5, 0.6) is 0 Å². The highest BCUT2D eigenvalue weighted by Gasteiger charge is 2.12. The minimum absolute atomic E-state index is 0.0455. The molecule has 0 bridgehead atoms. The number of nitrogens with zero attached hydrogens (tertiary/aromatic N) is 1. The van der Waals surface area contributed by atoms with Gasteiger partial charge in [0.05, 0.1) is 5.75 Å². The van der Waals surface area contributed by atoms with Crippen LogP contribution in [0, 0.1) is 6.92 Å². The molecule has 4 aromatic rings. The van der Waals surface area contributed by atoms with E-state index in [1.807, 2.05) is 55.6 Å². The third-order valence-electron chi connectivity index (χ3n) is 5.19. The van der Waals surface area contributed by atoms with Gasteiger partial charge in [-0.05, 0) is 49.4 Å². The Morgan fingerprint density at radius 1 is 0.970 bits per heavy atom. The number of nitrogens with one attached hydrogen (secondary N) is 2. The normalized spacial score (nSPS) is 10.8. The van der Waals surface area contributed by atoms with Gasteiger partial charge >= 0.3 is 0 Å². The standard InChI is InChI=1S/C26H24ClN3O2S/c1-18-6-12-21(13-7-18)29-25(31)17-33-24-16-30(23-5-3-2-4-22(23)24)15-14-28-26(32)19-8-10-20(27)11-9-19/h2-13,16H,14-15,17H2,1H3,(H,28,32)(H,29,31). The van der Waals surface area contributed by atoms with Crippen molar-refractivity contribution >= 4 is 51.8 Å². The number of aromatic nitrogens is 1. The van der Waals surface area contributed by atoms with E-state index in [9.17, 15) is 9.59 Å². The molecule has 0 fully saturated rings. The van der Waals surface area contributed by atoms with Crippen molar-refractivity contribution in [3.63, 3.8) is 0 Å². The lowest BCUT2D eigenvalue weighted by Gasteiger charge is -2.08. The minimum atomic E-state index is -0.134. The van der Waals surface area contributed by atoms with Crippen molar-refractivity contribution in [3.8, 4) is 0 Å². The van der Waals surface area contributed by atoms with Gasteiger partial charge in [0.1, 0.15) is 0 Å². The van der Waals surface area contributed by atoms with Gasteiger partial charge in [-0.25, -0.2) is 0 Å². The Balaban J connectivity index is 1.37. The summed E-state index contributed by atoms with van der Waals surface area (Å²) < 4.78 is 2.11. The van der Waals surface area contributed by atoms with Gasteiger partial charge < -0.3 is 15.2 Å². The van der Waals surface area contributed by atoms with Gasteiger partial charge in [0.25, 0.3) is 5.91 Å². The van der Waals surface area contributed by atoms with E-state index >= 15 is 0 Å². The average Bonchev–Trinajstić information content (AvgIpc) is 3.17. The number of benzene rings is 3. The lowest BCUT2D eigenvalue weighted by molar-refractivity contribution is -0.113. The highest BCUT2D eigenvalue weighted by molar-refractivity contribution is 8.00. The summed E-state index contributed by atoms with van der Waals surface area (Å²) in [6.45, 7) is 3.12. The number of hydrogen-bond acceptors (Lipinski definition) is 3. The molecule has 3 aromatic carbocycles. The number of carbonyl (C=O) groups is 2. The highest BCUT2D eigenvalue weighted by atomic mass is 35.5. The van der Waals surface area contributed by atoms with Crippen LogP contribution >= 0.6 is 23.4 Å². The fourth-order valence-electron chi connectivity index (χ4n) is 3.48. The molecule has 0 aliphatic carbocycles. The summed E-state index contributed by atoms with van der Waals surface area (Å²) in [5.74, 6) is 0.135. The summed E-state index contributed by atoms with van der Waals surface area (Å²) >= 11 is 7.39. The smallest absolute Gasteiger partial charge is 0.251 e. The van der Waals surface area contributed by atoms with Crippen LogP contribution in [-0.2, 0) is 11.3 Å². The van der Waals surface area contributed by atoms with Crippen LogP contribution in [0.25, 0.3) is 10.9 Å². The van der Waals surface area contributed by atoms with Crippen LogP contribution in [0.4, 0.5) is 5.69 Å². The van der Waals surface area contributed by atoms with E-state index in [4.69, 9.17) is 11.6 Å². The molecule has 0 aliphatic heterocycles. The molecular formula is C26H24ClN3O2S. The second-order valence-corrected chi connectivity index (χ2v) is 9.12. The third-order valence-corrected chi connectivity index (χ3v) is 6.49. The fourth-order valence-corrected chi connectivity index (χ4v) is 4.50. The molecule has 168 valence electrons. The molecule has 0 atom stereocenters. The number of anilines is 1. The Morgan fingerprint density at radius 3 is 2.45 bits per heavy atom. The maximum atomic E-state index is 12.4. The molecule has 1 heterocycles. The number of amides is 2. The number of hydrogen-bond donors (Lipinski definition) is 2. The second kappa shape index (κ2) is 10.6. The highest BCUT2D eigenvalue weighted by Crippen LogP contribution is 2.30. The largest absolute Gasteiger partial charge is 0.350 e. The topological polar surface area (TPSA) is 63.1 Å². The summed E-state index contributed by atoms with van der Waals surface area (Å²) in [7, 11) is 0. The zero-order chi connectivity index (χ0) is 23.2. The van der Waals surface area contributed by atoms with Crippen molar-refractivity contribution in [1.82, 2.24) is 9.88 Å². The van der Waals surface area contributed by atoms with E-state index in [2.05, 4.69) is 21.3 Å². The maximum Gasteiger partial charge on any atom is 0.251 e. The number of halogens is 1. The van der Waals surface area contributed by atoms with Gasteiger partial charge in [-0.1, -0.05) is 47.5 Å². The first-order chi connectivity index (χ1) is 16.0. The van der Waals surface area contributed by atoms with Crippen LogP contribution in [0.1, 0.15) is 15.9 Å². The first-order valence-electron chi connectivity index (χ1n) is 10.6. The van der Waals surface area contributed by atoms with Gasteiger partial charge in [0.15, 0.2) is 0 Å². The first kappa shape index (κ1) is 23.0. The predicted molar refractivity (Wildman–Crippen MR) is 136 cm³/mol. The second-order valence-electron chi connectivity index (χ2n) is 7.67. The van der Waals surface area contributed by atoms with Gasteiger partial charge in [0.2, 0.25) is 5.91 Å². The Morgan fingerprint density at radius 2 is 1.70 bits per heavy atom. The fraction of sp³-hybridized carbons (Fsp3) is 0.154. The number of thioether (sulfide) groups is 1. The lowest BCUT2D eigenvalue weighted by atomic mass is 10.2. The van der Waals surface area contributed by atoms with Gasteiger partial charge in [0, 0.05) is 51.4 Å². The Labute approximate surface area is 202 Å². The summed E-state index contributed by atoms with van der Waals surface area (Å²) in [5, 5.41) is 7.58. The van der Waals surface area contributed by atoms with E-state index in [1.54, 1.807) is 24.3 Å². The van der Waals surface area contributed by atoms with E-state index < -0.39 is 0 Å². The quantitative estimate of drug-likeness (QED) is 0.317. The molecule has 0 saturated heterocycles. The van der Waals surface area contributed by atoms with Crippen LogP contribution in [0.3, 0.4) is 0 Å². The van der Waals surface area contributed by atoms with Gasteiger partial charge in [-0.3, -0.25) is 9.59 Å². The number of rotatable bonds is 8. The van der Waals surface area contributed by atoms with E-state index in [0.29, 0.717) is 29.4 Å². The molecule has 33 heavy (non-hydrogen) atoms. The zero-order valence-electron chi connectivity index (χ0n) is 18.2. The molecule has 4 rings (SSSR count). The first-order valence-corrected chi connectivity index (χ1v) is 12.0. The Kier molecular flexibility index (Phi) is 7.37. The SMILES string of the molecule is Cc1ccc(NC(=O)CSc2cn(CCNC(=O)c3ccc(Cl)cc3)c3ccccc23)cc1. The minimum Gasteiger partial charge on any atom is -0.350 e. The van der Waals surface area contributed by atoms with Gasteiger partial charge in [-0.15, -0.1) is 11.8 Å². The van der Waals surface area contributed by atoms with E-state index in [0.717, 1.165) is 27.0 Å². The Hall–Kier alpha value is -3.22. The van der Waals surface area contributed by atoms with E-state index in [1.165, 1.54) is 11.8 Å². The number of aryl methyl sites for hydroxylation is 1. The molecule has 7 heteroatoms. The summed E-state index contributed by atoms with van der Waals surface area (Å²) in [4.78, 5) is 25.8. The number of fused-ring (bicyclic) bond motifs is 1. The average molecular weight is 478 g/mol. The maximum absolute atomic E-state index is 12.4. The van der Waals surface area contributed by atoms with Crippen LogP contribution < -0.4 is 10.6 Å². The molecule has 2 amide bonds. The molecule has 0 radical (unpaired) electrons. The molecule has 2 N–H and O–H groups in total. The predicted octanol–water partition coefficient (Wildman–Crippen LogP) is 5.76. The number of para-hydroxylation sites is 1. The summed E-state index contributed by atoms with van der Waals surface area (Å²) in [5.41, 5.74) is 3.59. The molecule has 0 saturated carbocycles. The molecule has 0 spiro atoms. The van der Waals surface area contributed by atoms with Crippen LogP contribution in [0.15, 0.2) is 83.9 Å². The molecule has 0 unspecified atom stereocenters. The number of carbonyl (C=O) groups excluding carboxylic acids is 2. The van der Waals surface area contributed by atoms with Crippen molar-refractivity contribution < 1.29 is 9.59 Å². The zero-order valence-corrected chi connectivity index (χ0v) is 19.7. The van der Waals surface area contributed by atoms with Crippen molar-refractivity contribution in [2.24, 2.45) is 0 Å². The molecule has 5 nitrogen and oxygen atoms in total. The van der Waals surface area contributed by atoms with Crippen molar-refractivity contribution in [1.29, 1.82) is 0 Å². The molecule has 1 aromatic heterocycles. The monoisotopic (exact) mass is 477 g/mol. The van der Waals surface area contributed by atoms with E-state index in [-0.39, 0.29) is 11.8 Å². The lowest BCUT2D eigenvalue weighted by Crippen LogP contribution is -2.27.